The van der Waals surface area contributed by atoms with Gasteiger partial charge < -0.3 is 31.4 Å². The molecule has 2 rings (SSSR count). The number of carbonyl (C=O) groups excluding carboxylic acids is 5. The lowest BCUT2D eigenvalue weighted by Gasteiger charge is -2.25. The second kappa shape index (κ2) is 16.6. The van der Waals surface area contributed by atoms with Crippen molar-refractivity contribution in [1.29, 1.82) is 0 Å². The number of nitrogens with two attached hydrogens (primary N) is 1. The number of aryl methyl sites for hydroxylation is 1. The van der Waals surface area contributed by atoms with E-state index in [0.717, 1.165) is 5.56 Å². The number of imidazole rings is 1. The van der Waals surface area contributed by atoms with Crippen LogP contribution in [0.2, 0.25) is 0 Å². The van der Waals surface area contributed by atoms with E-state index >= 15 is 0 Å². The molecule has 41 heavy (non-hydrogen) atoms. The third-order valence-corrected chi connectivity index (χ3v) is 5.94. The van der Waals surface area contributed by atoms with E-state index in [1.165, 1.54) is 18.3 Å². The Bertz CT molecular complexity index is 1210. The van der Waals surface area contributed by atoms with Crippen molar-refractivity contribution in [1.82, 2.24) is 25.9 Å². The van der Waals surface area contributed by atoms with E-state index in [2.05, 4.69) is 25.9 Å². The summed E-state index contributed by atoms with van der Waals surface area (Å²) in [5.74, 6) is -2.66. The van der Waals surface area contributed by atoms with Crippen molar-refractivity contribution in [3.05, 3.63) is 65.8 Å². The van der Waals surface area contributed by atoms with Gasteiger partial charge in [0.2, 0.25) is 17.7 Å². The molecular weight excluding hydrogens is 528 g/mol. The van der Waals surface area contributed by atoms with Crippen LogP contribution in [0.5, 0.6) is 0 Å². The predicted molar refractivity (Wildman–Crippen MR) is 152 cm³/mol. The summed E-state index contributed by atoms with van der Waals surface area (Å²) in [5.41, 5.74) is 6.78. The molecule has 1 aromatic heterocycles. The van der Waals surface area contributed by atoms with Crippen molar-refractivity contribution in [2.75, 3.05) is 6.61 Å². The Hall–Kier alpha value is -4.48. The van der Waals surface area contributed by atoms with Crippen molar-refractivity contribution in [2.24, 2.45) is 11.7 Å². The number of hydrogen-bond acceptors (Lipinski definition) is 7. The van der Waals surface area contributed by atoms with Crippen LogP contribution in [0, 0.1) is 12.8 Å². The zero-order valence-corrected chi connectivity index (χ0v) is 23.9. The average molecular weight is 569 g/mol. The number of rotatable bonds is 16. The Morgan fingerprint density at radius 1 is 1.02 bits per heavy atom. The Balaban J connectivity index is 2.27. The summed E-state index contributed by atoms with van der Waals surface area (Å²) < 4.78 is 4.90. The van der Waals surface area contributed by atoms with E-state index in [1.807, 2.05) is 44.2 Å². The van der Waals surface area contributed by atoms with Crippen LogP contribution in [-0.4, -0.2) is 64.3 Å². The van der Waals surface area contributed by atoms with Crippen molar-refractivity contribution in [2.45, 2.75) is 71.5 Å². The third-order valence-electron chi connectivity index (χ3n) is 5.94. The van der Waals surface area contributed by atoms with E-state index < -0.39 is 47.7 Å². The van der Waals surface area contributed by atoms with Crippen molar-refractivity contribution in [3.8, 4) is 0 Å². The van der Waals surface area contributed by atoms with Gasteiger partial charge in [0.25, 0.3) is 5.91 Å². The molecule has 0 unspecified atom stereocenters. The van der Waals surface area contributed by atoms with Crippen LogP contribution in [0.4, 0.5) is 0 Å². The molecule has 0 aliphatic carbocycles. The highest BCUT2D eigenvalue weighted by atomic mass is 16.5. The summed E-state index contributed by atoms with van der Waals surface area (Å²) in [7, 11) is 0. The minimum Gasteiger partial charge on any atom is -0.463 e. The minimum absolute atomic E-state index is 0.0391. The van der Waals surface area contributed by atoms with Crippen LogP contribution < -0.4 is 21.7 Å². The number of carbonyl (C=O) groups is 5. The van der Waals surface area contributed by atoms with Crippen LogP contribution in [0.1, 0.15) is 61.9 Å². The summed E-state index contributed by atoms with van der Waals surface area (Å²) in [6.45, 7) is 7.43. The van der Waals surface area contributed by atoms with Gasteiger partial charge in [-0.2, -0.15) is 0 Å². The summed E-state index contributed by atoms with van der Waals surface area (Å²) in [4.78, 5) is 69.8. The molecule has 0 saturated carbocycles. The molecule has 2 aromatic rings. The fourth-order valence-electron chi connectivity index (χ4n) is 3.97. The number of amides is 4. The number of nitrogens with one attached hydrogen (secondary N) is 4. The molecule has 0 saturated heterocycles. The van der Waals surface area contributed by atoms with Crippen LogP contribution >= 0.6 is 0 Å². The number of primary amides is 1. The number of H-pyrrole nitrogens is 1. The Morgan fingerprint density at radius 2 is 1.71 bits per heavy atom. The van der Waals surface area contributed by atoms with Gasteiger partial charge in [-0.15, -0.1) is 0 Å². The van der Waals surface area contributed by atoms with Crippen LogP contribution in [0.25, 0.3) is 0 Å². The van der Waals surface area contributed by atoms with Gasteiger partial charge in [-0.25, -0.2) is 9.78 Å². The van der Waals surface area contributed by atoms with Crippen LogP contribution in [0.3, 0.4) is 0 Å². The first-order valence-electron chi connectivity index (χ1n) is 13.6. The highest BCUT2D eigenvalue weighted by molar-refractivity contribution is 5.96. The number of aromatic amines is 1. The standard InChI is InChI=1S/C29H40N6O6/c1-5-41-25(37)14-12-21(11-13-24(30)36)33-27(38)23(16-20-9-7-6-8-10-20)34-28(39)22(15-18(2)3)35-29(40)26-31-17-19(4)32-26/h6-10,12,14,17-18,21-23H,5,11,13,15-16H2,1-4H3,(H2,30,36)(H,31,32)(H,33,38)(H,34,39)(H,35,40)/t21-,22-,23-/m0/s1. The number of nitrogens with zero attached hydrogens (tertiary/aromatic N) is 1. The van der Waals surface area contributed by atoms with Gasteiger partial charge in [0, 0.05) is 36.9 Å². The molecule has 1 aromatic carbocycles. The van der Waals surface area contributed by atoms with Crippen molar-refractivity contribution in [3.63, 3.8) is 0 Å². The predicted octanol–water partition coefficient (Wildman–Crippen LogP) is 1.46. The normalized spacial score (nSPS) is 13.3. The highest BCUT2D eigenvalue weighted by Crippen LogP contribution is 2.10. The molecular formula is C29H40N6O6. The van der Waals surface area contributed by atoms with Gasteiger partial charge >= 0.3 is 5.97 Å². The zero-order chi connectivity index (χ0) is 30.4. The largest absolute Gasteiger partial charge is 0.463 e. The van der Waals surface area contributed by atoms with Gasteiger partial charge in [0.05, 0.1) is 6.61 Å². The van der Waals surface area contributed by atoms with E-state index in [4.69, 9.17) is 10.5 Å². The van der Waals surface area contributed by atoms with E-state index in [-0.39, 0.29) is 37.6 Å². The summed E-state index contributed by atoms with van der Waals surface area (Å²) in [6, 6.07) is 6.41. The topological polar surface area (TPSA) is 185 Å². The van der Waals surface area contributed by atoms with E-state index in [9.17, 15) is 24.0 Å². The Kier molecular flexibility index (Phi) is 13.2. The van der Waals surface area contributed by atoms with Gasteiger partial charge in [-0.3, -0.25) is 19.2 Å². The molecule has 0 bridgehead atoms. The van der Waals surface area contributed by atoms with E-state index in [1.54, 1.807) is 13.8 Å². The maximum Gasteiger partial charge on any atom is 0.330 e. The molecule has 4 amide bonds. The van der Waals surface area contributed by atoms with Gasteiger partial charge in [0.1, 0.15) is 12.1 Å². The smallest absolute Gasteiger partial charge is 0.330 e. The summed E-state index contributed by atoms with van der Waals surface area (Å²) >= 11 is 0. The summed E-state index contributed by atoms with van der Waals surface area (Å²) in [5, 5.41) is 8.28. The maximum atomic E-state index is 13.5. The number of benzene rings is 1. The molecule has 222 valence electrons. The highest BCUT2D eigenvalue weighted by Gasteiger charge is 2.29. The SMILES string of the molecule is CCOC(=O)C=C[C@H](CCC(N)=O)NC(=O)[C@H](Cc1ccccc1)NC(=O)[C@H](CC(C)C)NC(=O)c1ncc(C)[nH]1. The first-order chi connectivity index (χ1) is 19.5. The van der Waals surface area contributed by atoms with E-state index in [0.29, 0.717) is 12.1 Å². The quantitative estimate of drug-likeness (QED) is 0.150. The first kappa shape index (κ1) is 32.7. The van der Waals surface area contributed by atoms with Crippen LogP contribution in [0.15, 0.2) is 48.7 Å². The number of esters is 1. The van der Waals surface area contributed by atoms with Gasteiger partial charge in [-0.05, 0) is 38.2 Å². The third kappa shape index (κ3) is 12.1. The van der Waals surface area contributed by atoms with Gasteiger partial charge in [0.15, 0.2) is 5.82 Å². The van der Waals surface area contributed by atoms with Crippen LogP contribution in [-0.2, 0) is 30.3 Å². The molecule has 1 heterocycles. The lowest BCUT2D eigenvalue weighted by molar-refractivity contribution is -0.137. The molecule has 12 nitrogen and oxygen atoms in total. The molecule has 0 radical (unpaired) electrons. The molecule has 12 heteroatoms. The molecule has 3 atom stereocenters. The molecule has 0 fully saturated rings. The second-order valence-electron chi connectivity index (χ2n) is 10.1. The number of aromatic nitrogens is 2. The lowest BCUT2D eigenvalue weighted by Crippen LogP contribution is -2.55. The Morgan fingerprint density at radius 3 is 2.29 bits per heavy atom. The lowest BCUT2D eigenvalue weighted by atomic mass is 10.0. The number of hydrogen-bond donors (Lipinski definition) is 5. The molecule has 6 N–H and O–H groups in total. The Labute approximate surface area is 239 Å². The van der Waals surface area contributed by atoms with Crippen molar-refractivity contribution < 1.29 is 28.7 Å². The molecule has 0 aliphatic rings. The summed E-state index contributed by atoms with van der Waals surface area (Å²) in [6.07, 6.45) is 4.68. The van der Waals surface area contributed by atoms with Gasteiger partial charge in [-0.1, -0.05) is 50.3 Å². The minimum atomic E-state index is -1.03. The monoisotopic (exact) mass is 568 g/mol. The fourth-order valence-corrected chi connectivity index (χ4v) is 3.97. The molecule has 0 spiro atoms. The van der Waals surface area contributed by atoms with Crippen molar-refractivity contribution >= 4 is 29.6 Å². The number of ether oxygens (including phenoxy) is 1. The maximum absolute atomic E-state index is 13.5. The zero-order valence-electron chi connectivity index (χ0n) is 23.9. The average Bonchev–Trinajstić information content (AvgIpc) is 3.36. The molecule has 0 aliphatic heterocycles. The second-order valence-corrected chi connectivity index (χ2v) is 10.1. The fraction of sp³-hybridized carbons (Fsp3) is 0.448. The first-order valence-corrected chi connectivity index (χ1v) is 13.6.